The number of rotatable bonds is 6. The van der Waals surface area contributed by atoms with Gasteiger partial charge in [0.25, 0.3) is 0 Å². The average molecular weight is 545 g/mol. The molecule has 0 spiro atoms. The van der Waals surface area contributed by atoms with Crippen LogP contribution in [0.25, 0.3) is 11.2 Å². The average Bonchev–Trinajstić information content (AvgIpc) is 3.23. The highest BCUT2D eigenvalue weighted by atomic mass is 35.5. The van der Waals surface area contributed by atoms with Gasteiger partial charge >= 0.3 is 0 Å². The minimum atomic E-state index is -0.254. The molecule has 0 unspecified atom stereocenters. The second kappa shape index (κ2) is 10.7. The molecule has 1 saturated heterocycles. The molecule has 1 atom stereocenters. The smallest absolute Gasteiger partial charge is 0.225 e. The molecule has 0 bridgehead atoms. The fraction of sp³-hybridized carbons (Fsp3) is 0.480. The van der Waals surface area contributed by atoms with Gasteiger partial charge in [-0.25, -0.2) is 9.97 Å². The molecule has 5 rings (SSSR count). The predicted molar refractivity (Wildman–Crippen MR) is 144 cm³/mol. The van der Waals surface area contributed by atoms with Gasteiger partial charge < -0.3 is 21.3 Å². The number of imidazole rings is 1. The Bertz CT molecular complexity index is 1300. The van der Waals surface area contributed by atoms with Crippen LogP contribution in [0.4, 0.5) is 17.6 Å². The van der Waals surface area contributed by atoms with Gasteiger partial charge in [-0.2, -0.15) is 4.98 Å². The Morgan fingerprint density at radius 3 is 2.49 bits per heavy atom. The summed E-state index contributed by atoms with van der Waals surface area (Å²) in [4.78, 5) is 39.6. The maximum Gasteiger partial charge on any atom is 0.225 e. The molecule has 196 valence electrons. The predicted octanol–water partition coefficient (Wildman–Crippen LogP) is 4.52. The van der Waals surface area contributed by atoms with E-state index in [-0.39, 0.29) is 29.8 Å². The van der Waals surface area contributed by atoms with Crippen molar-refractivity contribution in [2.45, 2.75) is 57.5 Å². The first-order valence-corrected chi connectivity index (χ1v) is 13.3. The summed E-state index contributed by atoms with van der Waals surface area (Å²) in [6.07, 6.45) is 6.46. The number of fused-ring (bicyclic) bond motifs is 1. The van der Waals surface area contributed by atoms with Crippen LogP contribution in [0.3, 0.4) is 0 Å². The number of aromatic nitrogens is 4. The van der Waals surface area contributed by atoms with Crippen LogP contribution in [0.2, 0.25) is 10.0 Å². The molecule has 37 heavy (non-hydrogen) atoms. The van der Waals surface area contributed by atoms with E-state index < -0.39 is 0 Å². The van der Waals surface area contributed by atoms with Crippen LogP contribution in [0.5, 0.6) is 0 Å². The summed E-state index contributed by atoms with van der Waals surface area (Å²) in [6, 6.07) is 5.42. The molecule has 12 heteroatoms. The highest BCUT2D eigenvalue weighted by Crippen LogP contribution is 2.39. The number of benzene rings is 1. The number of anilines is 3. The molecule has 0 radical (unpaired) electrons. The van der Waals surface area contributed by atoms with Crippen molar-refractivity contribution < 1.29 is 9.59 Å². The van der Waals surface area contributed by atoms with E-state index in [2.05, 4.69) is 20.2 Å². The van der Waals surface area contributed by atoms with Crippen LogP contribution in [0.15, 0.2) is 24.4 Å². The number of carbonyl (C=O) groups excluding carboxylic acids is 2. The third kappa shape index (κ3) is 5.45. The van der Waals surface area contributed by atoms with Crippen molar-refractivity contribution in [1.82, 2.24) is 24.4 Å². The van der Waals surface area contributed by atoms with Gasteiger partial charge in [0.15, 0.2) is 5.65 Å². The first kappa shape index (κ1) is 25.5. The number of halogens is 2. The van der Waals surface area contributed by atoms with Crippen molar-refractivity contribution in [3.63, 3.8) is 0 Å². The van der Waals surface area contributed by atoms with Crippen molar-refractivity contribution in [2.24, 2.45) is 11.7 Å². The number of hydrogen-bond donors (Lipinski definition) is 3. The largest absolute Gasteiger partial charge is 0.369 e. The van der Waals surface area contributed by atoms with Crippen LogP contribution in [-0.4, -0.2) is 55.4 Å². The van der Waals surface area contributed by atoms with Crippen molar-refractivity contribution in [1.29, 1.82) is 0 Å². The van der Waals surface area contributed by atoms with Crippen LogP contribution < -0.4 is 16.4 Å². The zero-order valence-electron chi connectivity index (χ0n) is 20.6. The topological polar surface area (TPSA) is 131 Å². The lowest BCUT2D eigenvalue weighted by molar-refractivity contribution is -0.129. The van der Waals surface area contributed by atoms with Crippen molar-refractivity contribution in [3.05, 3.63) is 34.4 Å². The lowest BCUT2D eigenvalue weighted by Crippen LogP contribution is -2.44. The molecule has 1 aliphatic carbocycles. The second-order valence-corrected chi connectivity index (χ2v) is 10.6. The van der Waals surface area contributed by atoms with Gasteiger partial charge in [0, 0.05) is 38.0 Å². The molecule has 10 nitrogen and oxygen atoms in total. The number of piperidine rings is 1. The maximum absolute atomic E-state index is 11.9. The van der Waals surface area contributed by atoms with Gasteiger partial charge in [-0.15, -0.1) is 0 Å². The van der Waals surface area contributed by atoms with E-state index >= 15 is 0 Å². The number of primary amides is 1. The Balaban J connectivity index is 1.49. The Morgan fingerprint density at radius 1 is 1.08 bits per heavy atom. The van der Waals surface area contributed by atoms with Crippen LogP contribution in [0, 0.1) is 5.92 Å². The molecular formula is C25H30Cl2N8O2. The Hall–Kier alpha value is -3.11. The summed E-state index contributed by atoms with van der Waals surface area (Å²) in [5, 5.41) is 7.67. The Labute approximate surface area is 224 Å². The maximum atomic E-state index is 11.9. The lowest BCUT2D eigenvalue weighted by Gasteiger charge is -2.32. The zero-order valence-corrected chi connectivity index (χ0v) is 22.1. The quantitative estimate of drug-likeness (QED) is 0.415. The number of amides is 2. The molecule has 2 fully saturated rings. The van der Waals surface area contributed by atoms with Gasteiger partial charge in [0.05, 0.1) is 21.9 Å². The SMILES string of the molecule is CC(=O)N1CCC[C@@H](Nc2ncc3nc(Nc4c(Cl)cccc4Cl)n(C4CCC(C(N)=O)CC4)c3n2)C1. The van der Waals surface area contributed by atoms with E-state index in [9.17, 15) is 9.59 Å². The normalized spacial score (nSPS) is 22.1. The van der Waals surface area contributed by atoms with Gasteiger partial charge in [-0.1, -0.05) is 29.3 Å². The molecule has 1 aromatic carbocycles. The summed E-state index contributed by atoms with van der Waals surface area (Å²) in [6.45, 7) is 2.98. The molecule has 2 amide bonds. The first-order valence-electron chi connectivity index (χ1n) is 12.6. The molecule has 2 aromatic heterocycles. The van der Waals surface area contributed by atoms with E-state index in [4.69, 9.17) is 38.9 Å². The zero-order chi connectivity index (χ0) is 26.1. The third-order valence-corrected chi connectivity index (χ3v) is 7.93. The minimum absolute atomic E-state index is 0.0509. The van der Waals surface area contributed by atoms with Gasteiger partial charge in [-0.3, -0.25) is 14.2 Å². The molecule has 3 heterocycles. The highest BCUT2D eigenvalue weighted by molar-refractivity contribution is 6.39. The number of likely N-dealkylation sites (tertiary alicyclic amines) is 1. The standard InChI is InChI=1S/C25H30Cl2N8O2/c1-14(36)34-11-3-4-16(13-34)30-24-29-12-20-23(33-24)35(17-9-7-15(8-10-17)22(28)37)25(31-20)32-21-18(26)5-2-6-19(21)27/h2,5-6,12,15-17H,3-4,7-11,13H2,1H3,(H2,28,37)(H,31,32)(H,29,30,33)/t15?,16-,17?/m1/s1. The van der Waals surface area contributed by atoms with Crippen molar-refractivity contribution >= 4 is 63.8 Å². The second-order valence-electron chi connectivity index (χ2n) is 9.79. The number of nitrogens with two attached hydrogens (primary N) is 1. The van der Waals surface area contributed by atoms with Crippen LogP contribution >= 0.6 is 23.2 Å². The fourth-order valence-corrected chi connectivity index (χ4v) is 5.80. The number of carbonyl (C=O) groups is 2. The van der Waals surface area contributed by atoms with E-state index in [1.165, 1.54) is 0 Å². The van der Waals surface area contributed by atoms with E-state index in [0.29, 0.717) is 58.2 Å². The summed E-state index contributed by atoms with van der Waals surface area (Å²) < 4.78 is 2.06. The number of nitrogens with zero attached hydrogens (tertiary/aromatic N) is 5. The van der Waals surface area contributed by atoms with Crippen LogP contribution in [0.1, 0.15) is 51.5 Å². The monoisotopic (exact) mass is 544 g/mol. The number of nitrogens with one attached hydrogen (secondary N) is 2. The first-order chi connectivity index (χ1) is 17.8. The summed E-state index contributed by atoms with van der Waals surface area (Å²) in [7, 11) is 0. The van der Waals surface area contributed by atoms with Gasteiger partial charge in [0.1, 0.15) is 5.52 Å². The Kier molecular flexibility index (Phi) is 7.39. The molecule has 1 aliphatic heterocycles. The molecule has 3 aromatic rings. The molecule has 1 saturated carbocycles. The molecule has 4 N–H and O–H groups in total. The van der Waals surface area contributed by atoms with Gasteiger partial charge in [0.2, 0.25) is 23.7 Å². The van der Waals surface area contributed by atoms with Gasteiger partial charge in [-0.05, 0) is 50.7 Å². The van der Waals surface area contributed by atoms with E-state index in [0.717, 1.165) is 32.2 Å². The number of hydrogen-bond acceptors (Lipinski definition) is 7. The Morgan fingerprint density at radius 2 is 1.81 bits per heavy atom. The van der Waals surface area contributed by atoms with Crippen molar-refractivity contribution in [3.8, 4) is 0 Å². The summed E-state index contributed by atoms with van der Waals surface area (Å²) in [5.74, 6) is 0.733. The van der Waals surface area contributed by atoms with Crippen molar-refractivity contribution in [2.75, 3.05) is 23.7 Å². The lowest BCUT2D eigenvalue weighted by atomic mass is 9.85. The van der Waals surface area contributed by atoms with E-state index in [1.54, 1.807) is 31.3 Å². The summed E-state index contributed by atoms with van der Waals surface area (Å²) >= 11 is 12.9. The summed E-state index contributed by atoms with van der Waals surface area (Å²) in [5.41, 5.74) is 7.43. The third-order valence-electron chi connectivity index (χ3n) is 7.30. The van der Waals surface area contributed by atoms with E-state index in [1.807, 2.05) is 4.90 Å². The highest BCUT2D eigenvalue weighted by Gasteiger charge is 2.30. The fourth-order valence-electron chi connectivity index (χ4n) is 5.31. The number of para-hydroxylation sites is 1. The van der Waals surface area contributed by atoms with Crippen LogP contribution in [-0.2, 0) is 9.59 Å². The molecular weight excluding hydrogens is 515 g/mol. The minimum Gasteiger partial charge on any atom is -0.369 e. The molecule has 2 aliphatic rings.